The van der Waals surface area contributed by atoms with E-state index in [9.17, 15) is 0 Å². The summed E-state index contributed by atoms with van der Waals surface area (Å²) in [7, 11) is 3.92. The molecule has 2 aromatic rings. The van der Waals surface area contributed by atoms with Gasteiger partial charge in [-0.1, -0.05) is 37.6 Å². The van der Waals surface area contributed by atoms with Gasteiger partial charge >= 0.3 is 0 Å². The number of halogens is 1. The maximum absolute atomic E-state index is 6.55. The molecule has 0 unspecified atom stereocenters. The van der Waals surface area contributed by atoms with E-state index in [0.717, 1.165) is 63.2 Å². The number of fused-ring (bicyclic) bond motifs is 1. The van der Waals surface area contributed by atoms with Crippen molar-refractivity contribution in [2.45, 2.75) is 63.6 Å². The van der Waals surface area contributed by atoms with E-state index in [4.69, 9.17) is 21.3 Å². The molecule has 0 saturated heterocycles. The van der Waals surface area contributed by atoms with Gasteiger partial charge in [-0.2, -0.15) is 0 Å². The van der Waals surface area contributed by atoms with Crippen molar-refractivity contribution in [2.75, 3.05) is 39.2 Å². The van der Waals surface area contributed by atoms with Crippen molar-refractivity contribution in [1.82, 2.24) is 20.2 Å². The van der Waals surface area contributed by atoms with Gasteiger partial charge in [0.05, 0.1) is 23.5 Å². The lowest BCUT2D eigenvalue weighted by molar-refractivity contribution is 0.191. The van der Waals surface area contributed by atoms with Gasteiger partial charge in [-0.05, 0) is 49.9 Å². The van der Waals surface area contributed by atoms with Gasteiger partial charge in [-0.15, -0.1) is 0 Å². The fourth-order valence-corrected chi connectivity index (χ4v) is 5.43. The summed E-state index contributed by atoms with van der Waals surface area (Å²) in [4.78, 5) is 11.7. The average Bonchev–Trinajstić information content (AvgIpc) is 2.76. The fourth-order valence-electron chi connectivity index (χ4n) is 5.23. The van der Waals surface area contributed by atoms with Crippen molar-refractivity contribution < 1.29 is 4.74 Å². The lowest BCUT2D eigenvalue weighted by atomic mass is 9.77. The number of benzene rings is 1. The van der Waals surface area contributed by atoms with Gasteiger partial charge in [-0.25, -0.2) is 9.97 Å². The van der Waals surface area contributed by atoms with E-state index in [2.05, 4.69) is 59.6 Å². The summed E-state index contributed by atoms with van der Waals surface area (Å²) < 4.78 is 5.13. The third-order valence-corrected chi connectivity index (χ3v) is 7.04. The Kier molecular flexibility index (Phi) is 7.35. The molecular formula is C25H36ClN5O. The van der Waals surface area contributed by atoms with E-state index >= 15 is 0 Å². The standard InChI is InChI=1S/C25H36ClN5O/c1-25(2)16-31(3)15-18-6-5-17(13-21(18)25)23-22(26)14-28-24(30-23)29-20-9-7-19(8-10-20)27-11-12-32-4/h5-6,13-14,19-20,27H,7-12,15-16H2,1-4H3,(H,28,29,30). The van der Waals surface area contributed by atoms with Crippen LogP contribution >= 0.6 is 11.6 Å². The van der Waals surface area contributed by atoms with Crippen LogP contribution in [0.4, 0.5) is 5.95 Å². The van der Waals surface area contributed by atoms with Gasteiger partial charge in [0.1, 0.15) is 0 Å². The maximum Gasteiger partial charge on any atom is 0.223 e. The Morgan fingerprint density at radius 3 is 2.69 bits per heavy atom. The second-order valence-corrected chi connectivity index (χ2v) is 10.4. The van der Waals surface area contributed by atoms with Crippen LogP contribution in [0, 0.1) is 0 Å². The molecule has 1 saturated carbocycles. The summed E-state index contributed by atoms with van der Waals surface area (Å²) in [6.07, 6.45) is 6.23. The Morgan fingerprint density at radius 2 is 1.94 bits per heavy atom. The quantitative estimate of drug-likeness (QED) is 0.598. The smallest absolute Gasteiger partial charge is 0.223 e. The predicted molar refractivity (Wildman–Crippen MR) is 131 cm³/mol. The summed E-state index contributed by atoms with van der Waals surface area (Å²) in [5.41, 5.74) is 4.72. The fraction of sp³-hybridized carbons (Fsp3) is 0.600. The normalized spacial score (nSPS) is 23.0. The second kappa shape index (κ2) is 10.0. The van der Waals surface area contributed by atoms with Crippen molar-refractivity contribution in [1.29, 1.82) is 0 Å². The van der Waals surface area contributed by atoms with E-state index < -0.39 is 0 Å². The number of nitrogens with zero attached hydrogens (tertiary/aromatic N) is 3. The van der Waals surface area contributed by atoms with Crippen LogP contribution < -0.4 is 10.6 Å². The van der Waals surface area contributed by atoms with Crippen molar-refractivity contribution in [3.05, 3.63) is 40.5 Å². The zero-order valence-corrected chi connectivity index (χ0v) is 20.5. The number of hydrogen-bond donors (Lipinski definition) is 2. The molecular weight excluding hydrogens is 422 g/mol. The van der Waals surface area contributed by atoms with Crippen LogP contribution in [-0.2, 0) is 16.7 Å². The first-order valence-electron chi connectivity index (χ1n) is 11.7. The number of ether oxygens (including phenoxy) is 1. The Hall–Kier alpha value is -1.73. The monoisotopic (exact) mass is 457 g/mol. The van der Waals surface area contributed by atoms with E-state index in [1.54, 1.807) is 13.3 Å². The number of likely N-dealkylation sites (N-methyl/N-ethyl adjacent to an activating group) is 1. The van der Waals surface area contributed by atoms with Gasteiger partial charge in [0, 0.05) is 49.8 Å². The molecule has 6 nitrogen and oxygen atoms in total. The first-order chi connectivity index (χ1) is 15.4. The molecule has 4 rings (SSSR count). The summed E-state index contributed by atoms with van der Waals surface area (Å²) in [6, 6.07) is 7.61. The van der Waals surface area contributed by atoms with E-state index in [1.165, 1.54) is 11.1 Å². The SMILES string of the molecule is COCCNC1CCC(Nc2ncc(Cl)c(-c3ccc4c(c3)C(C)(C)CN(C)C4)n2)CC1. The Bertz CT molecular complexity index is 927. The van der Waals surface area contributed by atoms with Gasteiger partial charge in [-0.3, -0.25) is 0 Å². The molecule has 0 bridgehead atoms. The van der Waals surface area contributed by atoms with Crippen LogP contribution in [0.3, 0.4) is 0 Å². The molecule has 1 aromatic carbocycles. The summed E-state index contributed by atoms with van der Waals surface area (Å²) >= 11 is 6.55. The van der Waals surface area contributed by atoms with Crippen molar-refractivity contribution in [3.63, 3.8) is 0 Å². The van der Waals surface area contributed by atoms with Gasteiger partial charge in [0.15, 0.2) is 0 Å². The largest absolute Gasteiger partial charge is 0.383 e. The number of methoxy groups -OCH3 is 1. The molecule has 1 fully saturated rings. The number of nitrogens with one attached hydrogen (secondary N) is 2. The van der Waals surface area contributed by atoms with Crippen LogP contribution in [0.1, 0.15) is 50.7 Å². The van der Waals surface area contributed by atoms with Crippen molar-refractivity contribution >= 4 is 17.5 Å². The highest BCUT2D eigenvalue weighted by atomic mass is 35.5. The first kappa shape index (κ1) is 23.4. The van der Waals surface area contributed by atoms with E-state index in [-0.39, 0.29) is 5.41 Å². The second-order valence-electron chi connectivity index (χ2n) is 9.96. The molecule has 2 aliphatic rings. The van der Waals surface area contributed by atoms with Crippen molar-refractivity contribution in [2.24, 2.45) is 0 Å². The Labute approximate surface area is 197 Å². The molecule has 0 atom stereocenters. The van der Waals surface area contributed by atoms with Crippen LogP contribution in [0.2, 0.25) is 5.02 Å². The zero-order valence-electron chi connectivity index (χ0n) is 19.7. The summed E-state index contributed by atoms with van der Waals surface area (Å²) in [6.45, 7) is 8.30. The Balaban J connectivity index is 1.46. The number of anilines is 1. The number of rotatable bonds is 7. The molecule has 0 spiro atoms. The predicted octanol–water partition coefficient (Wildman–Crippen LogP) is 4.48. The minimum Gasteiger partial charge on any atom is -0.383 e. The van der Waals surface area contributed by atoms with E-state index in [1.807, 2.05) is 0 Å². The minimum absolute atomic E-state index is 0.0921. The average molecular weight is 458 g/mol. The lowest BCUT2D eigenvalue weighted by Gasteiger charge is -2.38. The van der Waals surface area contributed by atoms with Crippen LogP contribution in [0.15, 0.2) is 24.4 Å². The molecule has 1 aliphatic carbocycles. The highest BCUT2D eigenvalue weighted by Crippen LogP contribution is 2.37. The maximum atomic E-state index is 6.55. The molecule has 7 heteroatoms. The highest BCUT2D eigenvalue weighted by molar-refractivity contribution is 6.32. The number of hydrogen-bond acceptors (Lipinski definition) is 6. The van der Waals surface area contributed by atoms with Crippen molar-refractivity contribution in [3.8, 4) is 11.3 Å². The topological polar surface area (TPSA) is 62.3 Å². The molecule has 1 aliphatic heterocycles. The zero-order chi connectivity index (χ0) is 22.7. The molecule has 32 heavy (non-hydrogen) atoms. The van der Waals surface area contributed by atoms with Gasteiger partial charge in [0.25, 0.3) is 0 Å². The van der Waals surface area contributed by atoms with Gasteiger partial charge in [0.2, 0.25) is 5.95 Å². The molecule has 0 radical (unpaired) electrons. The lowest BCUT2D eigenvalue weighted by Crippen LogP contribution is -2.39. The summed E-state index contributed by atoms with van der Waals surface area (Å²) in [5.74, 6) is 0.664. The van der Waals surface area contributed by atoms with Crippen LogP contribution in [0.25, 0.3) is 11.3 Å². The van der Waals surface area contributed by atoms with Gasteiger partial charge < -0.3 is 20.3 Å². The number of aromatic nitrogens is 2. The molecule has 2 N–H and O–H groups in total. The first-order valence-corrected chi connectivity index (χ1v) is 12.1. The minimum atomic E-state index is 0.0921. The van der Waals surface area contributed by atoms with Crippen LogP contribution in [0.5, 0.6) is 0 Å². The van der Waals surface area contributed by atoms with Crippen LogP contribution in [-0.4, -0.2) is 60.8 Å². The molecule has 0 amide bonds. The molecule has 2 heterocycles. The molecule has 1 aromatic heterocycles. The third-order valence-electron chi connectivity index (χ3n) is 6.76. The highest BCUT2D eigenvalue weighted by Gasteiger charge is 2.30. The molecule has 174 valence electrons. The third kappa shape index (κ3) is 5.42. The Morgan fingerprint density at radius 1 is 1.19 bits per heavy atom. The summed E-state index contributed by atoms with van der Waals surface area (Å²) in [5, 5.41) is 7.72. The van der Waals surface area contributed by atoms with E-state index in [0.29, 0.717) is 23.1 Å².